The third kappa shape index (κ3) is 3.11. The molecule has 0 aliphatic rings. The maximum Gasteiger partial charge on any atom is 0.295 e. The van der Waals surface area contributed by atoms with Crippen molar-refractivity contribution in [1.82, 2.24) is 4.98 Å². The maximum atomic E-state index is 11.1. The molecule has 0 amide bonds. The maximum absolute atomic E-state index is 11.1. The molecule has 8 nitrogen and oxygen atoms in total. The fourth-order valence-electron chi connectivity index (χ4n) is 1.86. The number of nitrogens with zero attached hydrogens (tertiary/aromatic N) is 3. The lowest BCUT2D eigenvalue weighted by Gasteiger charge is -2.06. The summed E-state index contributed by atoms with van der Waals surface area (Å²) in [6.07, 6.45) is 0. The Hall–Kier alpha value is -3.03. The molecule has 0 aliphatic carbocycles. The Kier molecular flexibility index (Phi) is 4.07. The van der Waals surface area contributed by atoms with Crippen molar-refractivity contribution < 1.29 is 9.85 Å². The van der Waals surface area contributed by atoms with Crippen molar-refractivity contribution in [3.63, 3.8) is 0 Å². The molecule has 108 valence electrons. The summed E-state index contributed by atoms with van der Waals surface area (Å²) < 4.78 is 0. The number of anilines is 1. The Bertz CT molecular complexity index is 702. The summed E-state index contributed by atoms with van der Waals surface area (Å²) >= 11 is 0. The summed E-state index contributed by atoms with van der Waals surface area (Å²) in [4.78, 5) is 25.0. The number of nitrogens with one attached hydrogen (secondary N) is 1. The first-order chi connectivity index (χ1) is 10.0. The van der Waals surface area contributed by atoms with E-state index in [0.29, 0.717) is 17.9 Å². The predicted octanol–water partition coefficient (Wildman–Crippen LogP) is 3.00. The van der Waals surface area contributed by atoms with Gasteiger partial charge in [-0.15, -0.1) is 0 Å². The van der Waals surface area contributed by atoms with Crippen molar-refractivity contribution in [2.24, 2.45) is 0 Å². The summed E-state index contributed by atoms with van der Waals surface area (Å²) in [6.45, 7) is 2.48. The minimum absolute atomic E-state index is 0.0992. The third-order valence-electron chi connectivity index (χ3n) is 2.76. The average Bonchev–Trinajstić information content (AvgIpc) is 2.47. The lowest BCUT2D eigenvalue weighted by molar-refractivity contribution is -0.385. The number of benzene rings is 1. The summed E-state index contributed by atoms with van der Waals surface area (Å²) in [6, 6.07) is 8.45. The van der Waals surface area contributed by atoms with Gasteiger partial charge in [-0.1, -0.05) is 12.1 Å². The highest BCUT2D eigenvalue weighted by Crippen LogP contribution is 2.31. The number of nitro benzene ring substituents is 1. The smallest absolute Gasteiger partial charge is 0.295 e. The van der Waals surface area contributed by atoms with E-state index in [-0.39, 0.29) is 17.1 Å². The topological polar surface area (TPSA) is 111 Å². The molecule has 1 heterocycles. The lowest BCUT2D eigenvalue weighted by Crippen LogP contribution is -2.02. The highest BCUT2D eigenvalue weighted by Gasteiger charge is 2.19. The van der Waals surface area contributed by atoms with Crippen LogP contribution in [0.1, 0.15) is 6.92 Å². The van der Waals surface area contributed by atoms with Crippen molar-refractivity contribution in [2.45, 2.75) is 6.92 Å². The number of pyridine rings is 1. The summed E-state index contributed by atoms with van der Waals surface area (Å²) in [5.74, 6) is 0.476. The molecule has 0 atom stereocenters. The van der Waals surface area contributed by atoms with Crippen molar-refractivity contribution in [2.75, 3.05) is 11.9 Å². The highest BCUT2D eigenvalue weighted by atomic mass is 16.6. The molecule has 1 aromatic heterocycles. The van der Waals surface area contributed by atoms with E-state index in [9.17, 15) is 20.2 Å². The highest BCUT2D eigenvalue weighted by molar-refractivity contribution is 5.73. The van der Waals surface area contributed by atoms with Crippen LogP contribution in [0.4, 0.5) is 17.2 Å². The number of hydrogen-bond donors (Lipinski definition) is 1. The SMILES string of the molecule is CCNc1ccc([N+](=O)[O-])c(-c2cccc([N+](=O)[O-])c2)n1. The largest absolute Gasteiger partial charge is 0.370 e. The van der Waals surface area contributed by atoms with Gasteiger partial charge in [-0.3, -0.25) is 20.2 Å². The fourth-order valence-corrected chi connectivity index (χ4v) is 1.86. The Morgan fingerprint density at radius 2 is 1.90 bits per heavy atom. The molecule has 0 radical (unpaired) electrons. The van der Waals surface area contributed by atoms with Gasteiger partial charge in [0.25, 0.3) is 11.4 Å². The molecule has 8 heteroatoms. The van der Waals surface area contributed by atoms with E-state index in [1.807, 2.05) is 6.92 Å². The number of rotatable bonds is 5. The van der Waals surface area contributed by atoms with Crippen LogP contribution in [-0.2, 0) is 0 Å². The van der Waals surface area contributed by atoms with Crippen LogP contribution in [-0.4, -0.2) is 21.4 Å². The standard InChI is InChI=1S/C13H12N4O4/c1-2-14-12-7-6-11(17(20)21)13(15-12)9-4-3-5-10(8-9)16(18)19/h3-8H,2H2,1H3,(H,14,15). The normalized spacial score (nSPS) is 10.1. The van der Waals surface area contributed by atoms with Crippen molar-refractivity contribution in [1.29, 1.82) is 0 Å². The second kappa shape index (κ2) is 5.95. The predicted molar refractivity (Wildman–Crippen MR) is 77.1 cm³/mol. The van der Waals surface area contributed by atoms with E-state index >= 15 is 0 Å². The molecule has 2 rings (SSSR count). The monoisotopic (exact) mass is 288 g/mol. The van der Waals surface area contributed by atoms with Gasteiger partial charge in [-0.2, -0.15) is 0 Å². The number of aromatic nitrogens is 1. The van der Waals surface area contributed by atoms with Crippen LogP contribution >= 0.6 is 0 Å². The zero-order valence-corrected chi connectivity index (χ0v) is 11.1. The van der Waals surface area contributed by atoms with Crippen LogP contribution in [0.15, 0.2) is 36.4 Å². The number of non-ortho nitro benzene ring substituents is 1. The molecular weight excluding hydrogens is 276 g/mol. The van der Waals surface area contributed by atoms with Crippen LogP contribution in [0.3, 0.4) is 0 Å². The Morgan fingerprint density at radius 1 is 1.14 bits per heavy atom. The second-order valence-electron chi connectivity index (χ2n) is 4.16. The molecule has 0 unspecified atom stereocenters. The molecule has 21 heavy (non-hydrogen) atoms. The van der Waals surface area contributed by atoms with Crippen LogP contribution in [0.25, 0.3) is 11.3 Å². The Labute approximate surface area is 119 Å². The van der Waals surface area contributed by atoms with E-state index in [2.05, 4.69) is 10.3 Å². The van der Waals surface area contributed by atoms with Crippen LogP contribution in [0, 0.1) is 20.2 Å². The van der Waals surface area contributed by atoms with Gasteiger partial charge < -0.3 is 5.32 Å². The molecule has 0 aliphatic heterocycles. The van der Waals surface area contributed by atoms with E-state index in [4.69, 9.17) is 0 Å². The van der Waals surface area contributed by atoms with Gasteiger partial charge in [0, 0.05) is 30.3 Å². The van der Waals surface area contributed by atoms with Crippen LogP contribution < -0.4 is 5.32 Å². The minimum Gasteiger partial charge on any atom is -0.370 e. The van der Waals surface area contributed by atoms with Gasteiger partial charge in [0.15, 0.2) is 5.69 Å². The lowest BCUT2D eigenvalue weighted by atomic mass is 10.1. The third-order valence-corrected chi connectivity index (χ3v) is 2.76. The zero-order chi connectivity index (χ0) is 15.4. The van der Waals surface area contributed by atoms with Crippen molar-refractivity contribution >= 4 is 17.2 Å². The van der Waals surface area contributed by atoms with Crippen LogP contribution in [0.5, 0.6) is 0 Å². The number of hydrogen-bond acceptors (Lipinski definition) is 6. The molecule has 1 N–H and O–H groups in total. The van der Waals surface area contributed by atoms with Gasteiger partial charge in [-0.25, -0.2) is 4.98 Å². The molecule has 2 aromatic rings. The zero-order valence-electron chi connectivity index (χ0n) is 11.1. The first-order valence-corrected chi connectivity index (χ1v) is 6.17. The van der Waals surface area contributed by atoms with Crippen molar-refractivity contribution in [3.05, 3.63) is 56.6 Å². The summed E-state index contributed by atoms with van der Waals surface area (Å²) in [5.41, 5.74) is 0.0902. The van der Waals surface area contributed by atoms with Gasteiger partial charge in [0.2, 0.25) is 0 Å². The molecule has 1 aromatic carbocycles. The number of nitro groups is 2. The summed E-state index contributed by atoms with van der Waals surface area (Å²) in [7, 11) is 0. The molecule has 0 saturated carbocycles. The van der Waals surface area contributed by atoms with Gasteiger partial charge in [-0.05, 0) is 13.0 Å². The van der Waals surface area contributed by atoms with E-state index in [0.717, 1.165) is 0 Å². The quantitative estimate of drug-likeness (QED) is 0.668. The molecule has 0 spiro atoms. The van der Waals surface area contributed by atoms with E-state index < -0.39 is 9.85 Å². The minimum atomic E-state index is -0.559. The summed E-state index contributed by atoms with van der Waals surface area (Å²) in [5, 5.41) is 24.9. The molecule has 0 bridgehead atoms. The van der Waals surface area contributed by atoms with E-state index in [1.54, 1.807) is 6.07 Å². The Balaban J connectivity index is 2.59. The second-order valence-corrected chi connectivity index (χ2v) is 4.16. The molecule has 0 fully saturated rings. The Morgan fingerprint density at radius 3 is 2.52 bits per heavy atom. The average molecular weight is 288 g/mol. The van der Waals surface area contributed by atoms with E-state index in [1.165, 1.54) is 30.3 Å². The van der Waals surface area contributed by atoms with Crippen LogP contribution in [0.2, 0.25) is 0 Å². The van der Waals surface area contributed by atoms with Gasteiger partial charge >= 0.3 is 0 Å². The first-order valence-electron chi connectivity index (χ1n) is 6.17. The fraction of sp³-hybridized carbons (Fsp3) is 0.154. The van der Waals surface area contributed by atoms with Gasteiger partial charge in [0.1, 0.15) is 5.82 Å². The molecule has 0 saturated heterocycles. The molecular formula is C13H12N4O4. The van der Waals surface area contributed by atoms with Crippen molar-refractivity contribution in [3.8, 4) is 11.3 Å². The first kappa shape index (κ1) is 14.4. The van der Waals surface area contributed by atoms with Gasteiger partial charge in [0.05, 0.1) is 9.85 Å².